The van der Waals surface area contributed by atoms with Crippen LogP contribution in [0.2, 0.25) is 5.02 Å². The van der Waals surface area contributed by atoms with Gasteiger partial charge in [0.05, 0.1) is 5.25 Å². The van der Waals surface area contributed by atoms with Crippen LogP contribution in [0.4, 0.5) is 0 Å². The summed E-state index contributed by atoms with van der Waals surface area (Å²) in [6, 6.07) is 7.44. The molecule has 0 saturated carbocycles. The summed E-state index contributed by atoms with van der Waals surface area (Å²) >= 11 is 7.30. The largest absolute Gasteiger partial charge is 0.355 e. The van der Waals surface area contributed by atoms with Crippen molar-refractivity contribution in [2.75, 3.05) is 6.54 Å². The smallest absolute Gasteiger partial charge is 0.233 e. The Morgan fingerprint density at radius 3 is 2.68 bits per heavy atom. The van der Waals surface area contributed by atoms with Gasteiger partial charge in [-0.3, -0.25) is 4.79 Å². The third-order valence-corrected chi connectivity index (χ3v) is 4.52. The monoisotopic (exact) mass is 338 g/mol. The zero-order valence-corrected chi connectivity index (χ0v) is 14.4. The fourth-order valence-electron chi connectivity index (χ4n) is 1.87. The lowest BCUT2D eigenvalue weighted by Gasteiger charge is -2.11. The topological polar surface area (TPSA) is 59.8 Å². The first kappa shape index (κ1) is 16.8. The molecule has 1 aromatic carbocycles. The van der Waals surface area contributed by atoms with Crippen LogP contribution in [-0.4, -0.2) is 32.5 Å². The molecule has 0 saturated heterocycles. The highest BCUT2D eigenvalue weighted by Crippen LogP contribution is 2.26. The minimum absolute atomic E-state index is 0.0166. The molecule has 5 nitrogen and oxygen atoms in total. The molecule has 0 aliphatic carbocycles. The second-order valence-corrected chi connectivity index (χ2v) is 6.67. The summed E-state index contributed by atoms with van der Waals surface area (Å²) in [5.74, 6) is 0.767. The standard InChI is InChI=1S/C15H19ClN4OS/c1-4-9-17-14(21)10(2)22-15-19-18-13(20(15)3)11-5-7-12(16)8-6-11/h5-8,10H,4,9H2,1-3H3,(H,17,21). The van der Waals surface area contributed by atoms with Crippen molar-refractivity contribution in [3.63, 3.8) is 0 Å². The van der Waals surface area contributed by atoms with Crippen molar-refractivity contribution in [1.82, 2.24) is 20.1 Å². The van der Waals surface area contributed by atoms with Gasteiger partial charge in [-0.1, -0.05) is 30.3 Å². The summed E-state index contributed by atoms with van der Waals surface area (Å²) in [5.41, 5.74) is 0.939. The van der Waals surface area contributed by atoms with Crippen molar-refractivity contribution in [2.24, 2.45) is 7.05 Å². The molecule has 1 atom stereocenters. The molecular formula is C15H19ClN4OS. The molecule has 0 radical (unpaired) electrons. The second kappa shape index (κ2) is 7.65. The molecular weight excluding hydrogens is 320 g/mol. The van der Waals surface area contributed by atoms with E-state index in [0.29, 0.717) is 16.7 Å². The molecule has 0 spiro atoms. The number of aromatic nitrogens is 3. The molecule has 1 amide bonds. The first-order valence-electron chi connectivity index (χ1n) is 7.12. The van der Waals surface area contributed by atoms with E-state index < -0.39 is 0 Å². The Labute approximate surface area is 139 Å². The van der Waals surface area contributed by atoms with Gasteiger partial charge in [0.2, 0.25) is 5.91 Å². The maximum atomic E-state index is 11.9. The highest BCUT2D eigenvalue weighted by molar-refractivity contribution is 8.00. The molecule has 22 heavy (non-hydrogen) atoms. The fraction of sp³-hybridized carbons (Fsp3) is 0.400. The maximum absolute atomic E-state index is 11.9. The van der Waals surface area contributed by atoms with Crippen molar-refractivity contribution in [3.8, 4) is 11.4 Å². The predicted molar refractivity (Wildman–Crippen MR) is 90.1 cm³/mol. The van der Waals surface area contributed by atoms with Gasteiger partial charge in [0, 0.05) is 24.2 Å². The SMILES string of the molecule is CCCNC(=O)C(C)Sc1nnc(-c2ccc(Cl)cc2)n1C. The van der Waals surface area contributed by atoms with E-state index >= 15 is 0 Å². The summed E-state index contributed by atoms with van der Waals surface area (Å²) in [4.78, 5) is 11.9. The first-order chi connectivity index (χ1) is 10.5. The third kappa shape index (κ3) is 4.01. The van der Waals surface area contributed by atoms with Crippen LogP contribution in [0.15, 0.2) is 29.4 Å². The summed E-state index contributed by atoms with van der Waals surface area (Å²) in [6.07, 6.45) is 0.924. The average molecular weight is 339 g/mol. The van der Waals surface area contributed by atoms with E-state index in [1.54, 1.807) is 0 Å². The van der Waals surface area contributed by atoms with Gasteiger partial charge in [0.15, 0.2) is 11.0 Å². The lowest BCUT2D eigenvalue weighted by molar-refractivity contribution is -0.120. The third-order valence-electron chi connectivity index (χ3n) is 3.14. The van der Waals surface area contributed by atoms with Gasteiger partial charge in [-0.15, -0.1) is 10.2 Å². The summed E-state index contributed by atoms with van der Waals surface area (Å²) in [6.45, 7) is 4.59. The minimum Gasteiger partial charge on any atom is -0.355 e. The number of hydrogen-bond donors (Lipinski definition) is 1. The van der Waals surface area contributed by atoms with Crippen LogP contribution in [0.1, 0.15) is 20.3 Å². The van der Waals surface area contributed by atoms with Gasteiger partial charge in [-0.05, 0) is 37.6 Å². The van der Waals surface area contributed by atoms with Gasteiger partial charge in [0.1, 0.15) is 0 Å². The van der Waals surface area contributed by atoms with E-state index in [-0.39, 0.29) is 11.2 Å². The number of thioether (sulfide) groups is 1. The van der Waals surface area contributed by atoms with Crippen LogP contribution in [0, 0.1) is 0 Å². The summed E-state index contributed by atoms with van der Waals surface area (Å²) in [5, 5.41) is 12.5. The highest BCUT2D eigenvalue weighted by atomic mass is 35.5. The molecule has 0 bridgehead atoms. The minimum atomic E-state index is -0.215. The quantitative estimate of drug-likeness (QED) is 0.822. The van der Waals surface area contributed by atoms with E-state index in [2.05, 4.69) is 15.5 Å². The molecule has 0 fully saturated rings. The molecule has 1 aromatic heterocycles. The van der Waals surface area contributed by atoms with Crippen LogP contribution in [0.3, 0.4) is 0 Å². The summed E-state index contributed by atoms with van der Waals surface area (Å²) in [7, 11) is 1.89. The molecule has 0 aliphatic rings. The van der Waals surface area contributed by atoms with Gasteiger partial charge in [-0.2, -0.15) is 0 Å². The zero-order valence-electron chi connectivity index (χ0n) is 12.8. The first-order valence-corrected chi connectivity index (χ1v) is 8.38. The summed E-state index contributed by atoms with van der Waals surface area (Å²) < 4.78 is 1.89. The fourth-order valence-corrected chi connectivity index (χ4v) is 2.84. The van der Waals surface area contributed by atoms with Crippen LogP contribution in [-0.2, 0) is 11.8 Å². The van der Waals surface area contributed by atoms with Crippen LogP contribution >= 0.6 is 23.4 Å². The van der Waals surface area contributed by atoms with Crippen LogP contribution < -0.4 is 5.32 Å². The molecule has 118 valence electrons. The number of nitrogens with one attached hydrogen (secondary N) is 1. The van der Waals surface area contributed by atoms with Crippen molar-refractivity contribution in [1.29, 1.82) is 0 Å². The highest BCUT2D eigenvalue weighted by Gasteiger charge is 2.18. The van der Waals surface area contributed by atoms with E-state index in [0.717, 1.165) is 17.8 Å². The Hall–Kier alpha value is -1.53. The Kier molecular flexibility index (Phi) is 5.85. The molecule has 7 heteroatoms. The Morgan fingerprint density at radius 1 is 1.36 bits per heavy atom. The van der Waals surface area contributed by atoms with Gasteiger partial charge in [-0.25, -0.2) is 0 Å². The van der Waals surface area contributed by atoms with E-state index in [9.17, 15) is 4.79 Å². The van der Waals surface area contributed by atoms with Gasteiger partial charge < -0.3 is 9.88 Å². The Morgan fingerprint density at radius 2 is 2.05 bits per heavy atom. The van der Waals surface area contributed by atoms with Crippen molar-refractivity contribution >= 4 is 29.3 Å². The number of nitrogens with zero attached hydrogens (tertiary/aromatic N) is 3. The maximum Gasteiger partial charge on any atom is 0.233 e. The predicted octanol–water partition coefficient (Wildman–Crippen LogP) is 3.14. The molecule has 2 rings (SSSR count). The number of halogens is 1. The number of rotatable bonds is 6. The number of amides is 1. The lowest BCUT2D eigenvalue weighted by atomic mass is 10.2. The normalized spacial score (nSPS) is 12.2. The molecule has 0 aliphatic heterocycles. The Balaban J connectivity index is 2.11. The van der Waals surface area contributed by atoms with Crippen LogP contribution in [0.25, 0.3) is 11.4 Å². The molecule has 1 N–H and O–H groups in total. The average Bonchev–Trinajstić information content (AvgIpc) is 2.86. The van der Waals surface area contributed by atoms with E-state index in [4.69, 9.17) is 11.6 Å². The van der Waals surface area contributed by atoms with Crippen molar-refractivity contribution < 1.29 is 4.79 Å². The number of benzene rings is 1. The number of carbonyl (C=O) groups is 1. The number of carbonyl (C=O) groups excluding carboxylic acids is 1. The van der Waals surface area contributed by atoms with Gasteiger partial charge >= 0.3 is 0 Å². The Bertz CT molecular complexity index is 641. The second-order valence-electron chi connectivity index (χ2n) is 4.92. The zero-order chi connectivity index (χ0) is 16.1. The number of hydrogen-bond acceptors (Lipinski definition) is 4. The molecule has 2 aromatic rings. The van der Waals surface area contributed by atoms with Crippen molar-refractivity contribution in [3.05, 3.63) is 29.3 Å². The van der Waals surface area contributed by atoms with Gasteiger partial charge in [0.25, 0.3) is 0 Å². The van der Waals surface area contributed by atoms with E-state index in [1.807, 2.05) is 49.7 Å². The van der Waals surface area contributed by atoms with E-state index in [1.165, 1.54) is 11.8 Å². The molecule has 1 unspecified atom stereocenters. The lowest BCUT2D eigenvalue weighted by Crippen LogP contribution is -2.31. The van der Waals surface area contributed by atoms with Crippen molar-refractivity contribution in [2.45, 2.75) is 30.7 Å². The molecule has 1 heterocycles. The van der Waals surface area contributed by atoms with Crippen LogP contribution in [0.5, 0.6) is 0 Å².